The molecule has 7 heteroatoms. The second-order valence-electron chi connectivity index (χ2n) is 11.3. The molecule has 0 unspecified atom stereocenters. The molecular weight excluding hydrogens is 528 g/mol. The van der Waals surface area contributed by atoms with E-state index >= 15 is 0 Å². The lowest BCUT2D eigenvalue weighted by atomic mass is 9.59. The lowest BCUT2D eigenvalue weighted by molar-refractivity contribution is -0.144. The van der Waals surface area contributed by atoms with Gasteiger partial charge in [-0.25, -0.2) is 4.79 Å². The van der Waals surface area contributed by atoms with E-state index in [-0.39, 0.29) is 5.41 Å². The highest BCUT2D eigenvalue weighted by atomic mass is 35.5. The monoisotopic (exact) mass is 560 g/mol. The standard InChI is InChI=1S/C32H33ClN2O3S/c1-21(20-38-28-9-15-34-27-10-16-39-29(27)28)17-23-18-22-5-2-3-8-26(22)31(23)11-13-32(14-12-31,30(36)37)35-25-7-4-6-24(33)19-25/h2-10,15-16,19,21,23,35H,11-14,17-18,20H2,1H3,(H,36,37)/t21-,23+,31?,32?/m1/s1. The molecule has 0 amide bonds. The summed E-state index contributed by atoms with van der Waals surface area (Å²) in [4.78, 5) is 17.1. The molecule has 39 heavy (non-hydrogen) atoms. The van der Waals surface area contributed by atoms with Crippen molar-refractivity contribution in [3.05, 3.63) is 88.4 Å². The summed E-state index contributed by atoms with van der Waals surface area (Å²) in [6, 6.07) is 20.1. The number of thiophene rings is 1. The molecule has 6 rings (SSSR count). The van der Waals surface area contributed by atoms with Crippen LogP contribution in [0.1, 0.15) is 50.2 Å². The fraction of sp³-hybridized carbons (Fsp3) is 0.375. The molecule has 1 spiro atoms. The molecule has 2 heterocycles. The van der Waals surface area contributed by atoms with Gasteiger partial charge < -0.3 is 15.2 Å². The molecule has 1 fully saturated rings. The minimum Gasteiger partial charge on any atom is -0.492 e. The minimum atomic E-state index is -1.000. The van der Waals surface area contributed by atoms with Crippen LogP contribution in [-0.2, 0) is 16.6 Å². The number of benzene rings is 2. The molecule has 1 saturated carbocycles. The molecule has 0 saturated heterocycles. The predicted molar refractivity (Wildman–Crippen MR) is 158 cm³/mol. The van der Waals surface area contributed by atoms with Crippen LogP contribution in [0.4, 0.5) is 5.69 Å². The third kappa shape index (κ3) is 4.89. The predicted octanol–water partition coefficient (Wildman–Crippen LogP) is 7.97. The summed E-state index contributed by atoms with van der Waals surface area (Å²) >= 11 is 7.86. The van der Waals surface area contributed by atoms with Crippen LogP contribution < -0.4 is 10.1 Å². The first-order valence-electron chi connectivity index (χ1n) is 13.7. The lowest BCUT2D eigenvalue weighted by Crippen LogP contribution is -2.53. The summed E-state index contributed by atoms with van der Waals surface area (Å²) in [6.45, 7) is 2.92. The molecule has 0 bridgehead atoms. The fourth-order valence-corrected chi connectivity index (χ4v) is 7.97. The van der Waals surface area contributed by atoms with E-state index in [9.17, 15) is 9.90 Å². The van der Waals surface area contributed by atoms with Crippen molar-refractivity contribution in [1.82, 2.24) is 4.98 Å². The number of nitrogens with zero attached hydrogens (tertiary/aromatic N) is 1. The Morgan fingerprint density at radius 2 is 1.97 bits per heavy atom. The Morgan fingerprint density at radius 3 is 2.77 bits per heavy atom. The Bertz CT molecular complexity index is 1490. The first kappa shape index (κ1) is 26.1. The second kappa shape index (κ2) is 10.5. The number of ether oxygens (including phenoxy) is 1. The van der Waals surface area contributed by atoms with Crippen molar-refractivity contribution in [1.29, 1.82) is 0 Å². The molecule has 2 aromatic carbocycles. The number of carbonyl (C=O) groups is 1. The Balaban J connectivity index is 1.20. The van der Waals surface area contributed by atoms with Gasteiger partial charge in [-0.2, -0.15) is 0 Å². The molecule has 0 radical (unpaired) electrons. The normalized spacial score (nSPS) is 24.9. The lowest BCUT2D eigenvalue weighted by Gasteiger charge is -2.47. The molecule has 2 atom stereocenters. The van der Waals surface area contributed by atoms with Gasteiger partial charge in [0.15, 0.2) is 0 Å². The Labute approximate surface area is 238 Å². The van der Waals surface area contributed by atoms with Gasteiger partial charge in [-0.3, -0.25) is 4.98 Å². The zero-order valence-electron chi connectivity index (χ0n) is 22.0. The van der Waals surface area contributed by atoms with E-state index in [1.54, 1.807) is 23.5 Å². The van der Waals surface area contributed by atoms with E-state index in [1.165, 1.54) is 11.1 Å². The number of fused-ring (bicyclic) bond motifs is 3. The number of anilines is 1. The first-order valence-corrected chi connectivity index (χ1v) is 14.9. The van der Waals surface area contributed by atoms with Crippen LogP contribution in [0.25, 0.3) is 10.2 Å². The van der Waals surface area contributed by atoms with Gasteiger partial charge in [0.05, 0.1) is 16.8 Å². The van der Waals surface area contributed by atoms with Gasteiger partial charge in [-0.05, 0) is 103 Å². The zero-order valence-corrected chi connectivity index (χ0v) is 23.6. The average molecular weight is 561 g/mol. The van der Waals surface area contributed by atoms with E-state index in [4.69, 9.17) is 16.3 Å². The number of pyridine rings is 1. The first-order chi connectivity index (χ1) is 18.9. The summed E-state index contributed by atoms with van der Waals surface area (Å²) < 4.78 is 7.41. The van der Waals surface area contributed by atoms with Gasteiger partial charge in [0.2, 0.25) is 0 Å². The fourth-order valence-electron chi connectivity index (χ4n) is 6.96. The highest BCUT2D eigenvalue weighted by Crippen LogP contribution is 2.56. The summed E-state index contributed by atoms with van der Waals surface area (Å²) in [6.07, 6.45) is 6.69. The second-order valence-corrected chi connectivity index (χ2v) is 12.7. The van der Waals surface area contributed by atoms with Gasteiger partial charge in [-0.15, -0.1) is 11.3 Å². The van der Waals surface area contributed by atoms with Gasteiger partial charge in [0.25, 0.3) is 0 Å². The number of hydrogen-bond acceptors (Lipinski definition) is 5. The van der Waals surface area contributed by atoms with Crippen LogP contribution in [0.5, 0.6) is 5.75 Å². The van der Waals surface area contributed by atoms with E-state index in [0.29, 0.717) is 36.3 Å². The maximum atomic E-state index is 12.7. The van der Waals surface area contributed by atoms with Crippen molar-refractivity contribution in [3.8, 4) is 5.75 Å². The molecule has 2 aliphatic rings. The molecular formula is C32H33ClN2O3S. The number of carboxylic acid groups (broad SMARTS) is 1. The summed E-state index contributed by atoms with van der Waals surface area (Å²) in [5, 5.41) is 16.4. The third-order valence-electron chi connectivity index (χ3n) is 8.93. The van der Waals surface area contributed by atoms with Crippen molar-refractivity contribution in [2.45, 2.75) is 56.4 Å². The molecule has 5 nitrogen and oxygen atoms in total. The molecule has 202 valence electrons. The number of halogens is 1. The number of rotatable bonds is 8. The maximum Gasteiger partial charge on any atom is 0.329 e. The summed E-state index contributed by atoms with van der Waals surface area (Å²) in [5.41, 5.74) is 3.55. The van der Waals surface area contributed by atoms with Crippen LogP contribution in [0, 0.1) is 11.8 Å². The number of nitrogens with one attached hydrogen (secondary N) is 1. The Morgan fingerprint density at radius 1 is 1.15 bits per heavy atom. The topological polar surface area (TPSA) is 71.5 Å². The molecule has 2 aliphatic carbocycles. The Hall–Kier alpha value is -3.09. The number of carboxylic acids is 1. The van der Waals surface area contributed by atoms with Crippen LogP contribution in [0.15, 0.2) is 72.2 Å². The molecule has 4 aromatic rings. The minimum absolute atomic E-state index is 0.0164. The highest BCUT2D eigenvalue weighted by Gasteiger charge is 2.54. The molecule has 0 aliphatic heterocycles. The van der Waals surface area contributed by atoms with Crippen LogP contribution in [0.2, 0.25) is 5.02 Å². The average Bonchev–Trinajstić information content (AvgIpc) is 3.52. The Kier molecular flexibility index (Phi) is 7.02. The quantitative estimate of drug-likeness (QED) is 0.228. The number of hydrogen-bond donors (Lipinski definition) is 2. The summed E-state index contributed by atoms with van der Waals surface area (Å²) in [7, 11) is 0. The van der Waals surface area contributed by atoms with Crippen molar-refractivity contribution in [3.63, 3.8) is 0 Å². The third-order valence-corrected chi connectivity index (χ3v) is 10.1. The van der Waals surface area contributed by atoms with Crippen molar-refractivity contribution >= 4 is 44.8 Å². The van der Waals surface area contributed by atoms with Gasteiger partial charge in [-0.1, -0.05) is 48.9 Å². The van der Waals surface area contributed by atoms with Crippen LogP contribution in [0.3, 0.4) is 0 Å². The summed E-state index contributed by atoms with van der Waals surface area (Å²) in [5.74, 6) is 0.923. The van der Waals surface area contributed by atoms with Crippen LogP contribution >= 0.6 is 22.9 Å². The van der Waals surface area contributed by atoms with E-state index in [2.05, 4.69) is 46.9 Å². The molecule has 2 N–H and O–H groups in total. The van der Waals surface area contributed by atoms with Gasteiger partial charge in [0, 0.05) is 16.9 Å². The van der Waals surface area contributed by atoms with Crippen molar-refractivity contribution in [2.24, 2.45) is 11.8 Å². The maximum absolute atomic E-state index is 12.7. The highest BCUT2D eigenvalue weighted by molar-refractivity contribution is 7.17. The molecule has 2 aromatic heterocycles. The largest absolute Gasteiger partial charge is 0.492 e. The number of aromatic nitrogens is 1. The van der Waals surface area contributed by atoms with Gasteiger partial charge in [0.1, 0.15) is 11.3 Å². The van der Waals surface area contributed by atoms with Gasteiger partial charge >= 0.3 is 5.97 Å². The van der Waals surface area contributed by atoms with E-state index in [1.807, 2.05) is 30.5 Å². The smallest absolute Gasteiger partial charge is 0.329 e. The number of aliphatic carboxylic acids is 1. The van der Waals surface area contributed by atoms with E-state index < -0.39 is 11.5 Å². The van der Waals surface area contributed by atoms with Crippen molar-refractivity contribution in [2.75, 3.05) is 11.9 Å². The van der Waals surface area contributed by atoms with Crippen LogP contribution in [-0.4, -0.2) is 28.2 Å². The zero-order chi connectivity index (χ0) is 27.0. The van der Waals surface area contributed by atoms with E-state index in [0.717, 1.165) is 47.3 Å². The van der Waals surface area contributed by atoms with Crippen molar-refractivity contribution < 1.29 is 14.6 Å². The SMILES string of the molecule is C[C@@H](COc1ccnc2ccsc12)C[C@H]1Cc2ccccc2C12CCC(Nc1cccc(Cl)c1)(C(=O)O)CC2.